The van der Waals surface area contributed by atoms with Gasteiger partial charge >= 0.3 is 7.12 Å². The summed E-state index contributed by atoms with van der Waals surface area (Å²) in [7, 11) is -1.63. The molecule has 1 aliphatic rings. The van der Waals surface area contributed by atoms with E-state index in [1.807, 2.05) is 6.92 Å². The normalized spacial score (nSPS) is 15.0. The fourth-order valence-electron chi connectivity index (χ4n) is 4.47. The number of nitrogens with one attached hydrogen (secondary N) is 8. The fraction of sp³-hybridized carbons (Fsp3) is 0.517. The molecule has 0 saturated carbocycles. The number of amides is 4. The number of nitrogens with zero attached hydrogens (tertiary/aromatic N) is 3. The molecule has 1 saturated heterocycles. The minimum atomic E-state index is -1.63. The lowest BCUT2D eigenvalue weighted by Gasteiger charge is -2.27. The summed E-state index contributed by atoms with van der Waals surface area (Å²) in [4.78, 5) is 51.1. The van der Waals surface area contributed by atoms with Crippen LogP contribution in [-0.2, 0) is 14.4 Å². The monoisotopic (exact) mass is 719 g/mol. The van der Waals surface area contributed by atoms with Crippen molar-refractivity contribution in [2.45, 2.75) is 84.6 Å². The molecule has 0 aliphatic carbocycles. The second-order valence-corrected chi connectivity index (χ2v) is 12.0. The molecule has 1 fully saturated rings. The smallest absolute Gasteiger partial charge is 0.426 e. The van der Waals surface area contributed by atoms with Crippen molar-refractivity contribution in [1.29, 1.82) is 0 Å². The van der Waals surface area contributed by atoms with Crippen molar-refractivity contribution in [3.8, 4) is 0 Å². The molecule has 20 heteroatoms. The van der Waals surface area contributed by atoms with E-state index in [1.165, 1.54) is 4.90 Å². The van der Waals surface area contributed by atoms with Gasteiger partial charge in [0.05, 0.1) is 23.1 Å². The molecule has 1 aromatic carbocycles. The van der Waals surface area contributed by atoms with Crippen molar-refractivity contribution < 1.29 is 29.2 Å². The van der Waals surface area contributed by atoms with E-state index < -0.39 is 25.0 Å². The molecule has 17 nitrogen and oxygen atoms in total. The number of anilines is 1. The Labute approximate surface area is 296 Å². The number of hydrazone groups is 2. The summed E-state index contributed by atoms with van der Waals surface area (Å²) >= 11 is 10.1. The molecular formula is C29H46BN11O6S2. The third-order valence-electron chi connectivity index (χ3n) is 7.27. The van der Waals surface area contributed by atoms with Crippen molar-refractivity contribution in [2.24, 2.45) is 10.2 Å². The van der Waals surface area contributed by atoms with Gasteiger partial charge in [-0.3, -0.25) is 51.7 Å². The highest BCUT2D eigenvalue weighted by Gasteiger charge is 2.38. The van der Waals surface area contributed by atoms with Crippen molar-refractivity contribution in [3.05, 3.63) is 29.8 Å². The summed E-state index contributed by atoms with van der Waals surface area (Å²) in [6.45, 7) is 8.02. The fourth-order valence-corrected chi connectivity index (χ4v) is 4.76. The number of rotatable bonds is 16. The van der Waals surface area contributed by atoms with E-state index in [2.05, 4.69) is 53.4 Å². The van der Waals surface area contributed by atoms with Crippen LogP contribution >= 0.6 is 24.4 Å². The van der Waals surface area contributed by atoms with Crippen molar-refractivity contribution in [3.63, 3.8) is 0 Å². The number of hydrogen-bond donors (Lipinski definition) is 10. The second-order valence-electron chi connectivity index (χ2n) is 11.1. The van der Waals surface area contributed by atoms with Gasteiger partial charge in [0.15, 0.2) is 5.11 Å². The summed E-state index contributed by atoms with van der Waals surface area (Å²) in [6, 6.07) is 5.47. The maximum Gasteiger partial charge on any atom is 0.475 e. The van der Waals surface area contributed by atoms with E-state index in [4.69, 9.17) is 24.4 Å². The van der Waals surface area contributed by atoms with Crippen LogP contribution in [0, 0.1) is 0 Å². The first kappa shape index (κ1) is 40.8. The predicted molar refractivity (Wildman–Crippen MR) is 196 cm³/mol. The van der Waals surface area contributed by atoms with E-state index in [-0.39, 0.29) is 35.7 Å². The van der Waals surface area contributed by atoms with Crippen LogP contribution in [0.3, 0.4) is 0 Å². The molecule has 2 rings (SSSR count). The van der Waals surface area contributed by atoms with Gasteiger partial charge in [0.2, 0.25) is 22.8 Å². The number of hydrogen-bond acceptors (Lipinski definition) is 11. The SMILES string of the molecule is CCNC(=S)N/N=C(C)/C(C)=N/NC(=S)NNC(=O)CCCCCC(=O)NNc1ccc(C(=O)N[C@H](C)C(=O)N2CCC[C@H]2B(O)O)cc1. The average molecular weight is 720 g/mol. The van der Waals surface area contributed by atoms with Gasteiger partial charge < -0.3 is 25.6 Å². The maximum atomic E-state index is 12.7. The molecule has 0 bridgehead atoms. The van der Waals surface area contributed by atoms with Crippen LogP contribution in [0.4, 0.5) is 5.69 Å². The van der Waals surface area contributed by atoms with Crippen LogP contribution in [0.2, 0.25) is 0 Å². The summed E-state index contributed by atoms with van der Waals surface area (Å²) < 4.78 is 0. The summed E-state index contributed by atoms with van der Waals surface area (Å²) in [5.74, 6) is -2.03. The minimum absolute atomic E-state index is 0.0949. The Balaban J connectivity index is 1.60. The van der Waals surface area contributed by atoms with Gasteiger partial charge in [-0.1, -0.05) is 6.42 Å². The van der Waals surface area contributed by atoms with E-state index in [9.17, 15) is 29.2 Å². The Morgan fingerprint density at radius 1 is 0.918 bits per heavy atom. The standard InChI is InChI=1S/C29H46BN11O6S2/c1-5-31-28(48)38-33-18(2)19(3)34-39-29(49)40-37-25(43)12-8-6-7-11-24(42)36-35-22-15-13-21(14-16-22)26(44)32-20(4)27(45)41-17-9-10-23(41)30(46)47/h13-16,20,23,35,46-47H,5-12,17H2,1-4H3,(H,32,44)(H,36,42)(H,37,43)(H2,31,38,48)(H2,39,40,49)/b33-18+,34-19+/t20-,23+/m1/s1. The highest BCUT2D eigenvalue weighted by atomic mass is 32.1. The van der Waals surface area contributed by atoms with Crippen LogP contribution < -0.4 is 43.2 Å². The van der Waals surface area contributed by atoms with Crippen LogP contribution in [0.15, 0.2) is 34.5 Å². The lowest BCUT2D eigenvalue weighted by molar-refractivity contribution is -0.132. The van der Waals surface area contributed by atoms with E-state index in [0.29, 0.717) is 73.0 Å². The van der Waals surface area contributed by atoms with Crippen molar-refractivity contribution >= 4 is 82.5 Å². The number of thiocarbonyl (C=S) groups is 2. The largest absolute Gasteiger partial charge is 0.475 e. The topological polar surface area (TPSA) is 233 Å². The molecule has 4 amide bonds. The molecule has 0 spiro atoms. The Bertz CT molecular complexity index is 1380. The van der Waals surface area contributed by atoms with Crippen LogP contribution in [0.1, 0.15) is 83.0 Å². The number of unbranched alkanes of at least 4 members (excludes halogenated alkanes) is 2. The van der Waals surface area contributed by atoms with E-state index >= 15 is 0 Å². The zero-order valence-corrected chi connectivity index (χ0v) is 29.7. The number of carbonyl (C=O) groups excluding carboxylic acids is 4. The number of likely N-dealkylation sites (tertiary alicyclic amines) is 1. The maximum absolute atomic E-state index is 12.7. The minimum Gasteiger partial charge on any atom is -0.426 e. The Kier molecular flexibility index (Phi) is 17.9. The van der Waals surface area contributed by atoms with Gasteiger partial charge in [-0.15, -0.1) is 0 Å². The van der Waals surface area contributed by atoms with Gasteiger partial charge in [-0.25, -0.2) is 0 Å². The van der Waals surface area contributed by atoms with Gasteiger partial charge in [0, 0.05) is 31.5 Å². The average Bonchev–Trinajstić information content (AvgIpc) is 3.58. The number of hydrazine groups is 2. The molecule has 0 unspecified atom stereocenters. The van der Waals surface area contributed by atoms with Crippen LogP contribution in [-0.4, -0.2) is 92.4 Å². The molecule has 1 aromatic rings. The van der Waals surface area contributed by atoms with Gasteiger partial charge in [-0.2, -0.15) is 10.2 Å². The second kappa shape index (κ2) is 21.5. The molecule has 10 N–H and O–H groups in total. The molecule has 1 aliphatic heterocycles. The third-order valence-corrected chi connectivity index (χ3v) is 7.70. The molecule has 1 heterocycles. The van der Waals surface area contributed by atoms with Gasteiger partial charge in [-0.05, 0) is 102 Å². The quantitative estimate of drug-likeness (QED) is 0.0355. The van der Waals surface area contributed by atoms with Crippen molar-refractivity contribution in [1.82, 2.24) is 42.7 Å². The van der Waals surface area contributed by atoms with Crippen LogP contribution in [0.25, 0.3) is 0 Å². The highest BCUT2D eigenvalue weighted by molar-refractivity contribution is 7.80. The Morgan fingerprint density at radius 3 is 2.10 bits per heavy atom. The van der Waals surface area contributed by atoms with Gasteiger partial charge in [0.25, 0.3) is 5.91 Å². The lowest BCUT2D eigenvalue weighted by atomic mass is 9.78. The van der Waals surface area contributed by atoms with Gasteiger partial charge in [0.1, 0.15) is 6.04 Å². The first-order valence-electron chi connectivity index (χ1n) is 15.9. The van der Waals surface area contributed by atoms with Crippen LogP contribution in [0.5, 0.6) is 0 Å². The Morgan fingerprint density at radius 2 is 1.51 bits per heavy atom. The number of benzene rings is 1. The summed E-state index contributed by atoms with van der Waals surface area (Å²) in [6.07, 6.45) is 3.42. The van der Waals surface area contributed by atoms with E-state index in [1.54, 1.807) is 45.0 Å². The predicted octanol–water partition coefficient (Wildman–Crippen LogP) is -0.0674. The third kappa shape index (κ3) is 15.1. The molecule has 0 aromatic heterocycles. The highest BCUT2D eigenvalue weighted by Crippen LogP contribution is 2.19. The lowest BCUT2D eigenvalue weighted by Crippen LogP contribution is -2.52. The summed E-state index contributed by atoms with van der Waals surface area (Å²) in [5, 5.41) is 33.3. The molecule has 49 heavy (non-hydrogen) atoms. The zero-order valence-electron chi connectivity index (χ0n) is 28.1. The molecule has 268 valence electrons. The summed E-state index contributed by atoms with van der Waals surface area (Å²) in [5.41, 5.74) is 17.8. The first-order valence-corrected chi connectivity index (χ1v) is 16.7. The first-order chi connectivity index (χ1) is 23.3. The van der Waals surface area contributed by atoms with E-state index in [0.717, 1.165) is 0 Å². The van der Waals surface area contributed by atoms with Crippen molar-refractivity contribution in [2.75, 3.05) is 18.5 Å². The number of carbonyl (C=O) groups is 4. The zero-order chi connectivity index (χ0) is 36.3. The Hall–Kier alpha value is -4.40. The molecule has 0 radical (unpaired) electrons. The molecular weight excluding hydrogens is 673 g/mol. The molecule has 2 atom stereocenters.